The van der Waals surface area contributed by atoms with E-state index in [1.807, 2.05) is 19.1 Å². The molecule has 0 aromatic carbocycles. The van der Waals surface area contributed by atoms with Gasteiger partial charge < -0.3 is 10.1 Å². The average molecular weight is 324 g/mol. The minimum absolute atomic E-state index is 0.208. The van der Waals surface area contributed by atoms with Gasteiger partial charge in [-0.25, -0.2) is 0 Å². The highest BCUT2D eigenvalue weighted by Gasteiger charge is 2.08. The van der Waals surface area contributed by atoms with Crippen LogP contribution in [0.25, 0.3) is 11.7 Å². The van der Waals surface area contributed by atoms with Crippen LogP contribution in [0.2, 0.25) is 0 Å². The number of amides is 1. The fourth-order valence-corrected chi connectivity index (χ4v) is 2.02. The normalized spacial score (nSPS) is 11.0. The van der Waals surface area contributed by atoms with Crippen LogP contribution in [0.5, 0.6) is 5.88 Å². The van der Waals surface area contributed by atoms with Crippen LogP contribution in [-0.4, -0.2) is 37.3 Å². The highest BCUT2D eigenvalue weighted by Crippen LogP contribution is 2.09. The molecule has 3 rings (SSSR count). The number of carbonyl (C=O) groups is 1. The molecule has 0 fully saturated rings. The third kappa shape index (κ3) is 3.72. The van der Waals surface area contributed by atoms with E-state index in [9.17, 15) is 4.79 Å². The first-order chi connectivity index (χ1) is 11.8. The van der Waals surface area contributed by atoms with E-state index in [4.69, 9.17) is 4.74 Å². The van der Waals surface area contributed by atoms with E-state index >= 15 is 0 Å². The number of aromatic nitrogens is 5. The Kier molecular flexibility index (Phi) is 4.76. The number of rotatable bonds is 6. The summed E-state index contributed by atoms with van der Waals surface area (Å²) in [5.74, 6) is 0.764. The quantitative estimate of drug-likeness (QED) is 0.686. The molecular weight excluding hydrogens is 308 g/mol. The first kappa shape index (κ1) is 15.6. The number of fused-ring (bicyclic) bond motifs is 1. The molecule has 1 amide bonds. The predicted octanol–water partition coefficient (Wildman–Crippen LogP) is 1.25. The van der Waals surface area contributed by atoms with Gasteiger partial charge in [0.2, 0.25) is 11.8 Å². The number of ether oxygens (including phenoxy) is 1. The number of pyridine rings is 1. The highest BCUT2D eigenvalue weighted by molar-refractivity contribution is 5.91. The van der Waals surface area contributed by atoms with Gasteiger partial charge in [-0.3, -0.25) is 9.78 Å². The van der Waals surface area contributed by atoms with Gasteiger partial charge in [-0.1, -0.05) is 6.07 Å². The molecule has 3 aromatic heterocycles. The molecule has 8 nitrogen and oxygen atoms in total. The largest absolute Gasteiger partial charge is 0.477 e. The zero-order valence-corrected chi connectivity index (χ0v) is 13.1. The molecule has 0 spiro atoms. The minimum atomic E-state index is -0.239. The second-order valence-corrected chi connectivity index (χ2v) is 4.83. The molecule has 0 aliphatic carbocycles. The topological polar surface area (TPSA) is 94.3 Å². The molecule has 0 unspecified atom stereocenters. The molecule has 8 heteroatoms. The molecule has 3 heterocycles. The van der Waals surface area contributed by atoms with Gasteiger partial charge in [0.05, 0.1) is 13.2 Å². The summed E-state index contributed by atoms with van der Waals surface area (Å²) < 4.78 is 6.91. The Morgan fingerprint density at radius 3 is 3.04 bits per heavy atom. The molecule has 0 aliphatic heterocycles. The summed E-state index contributed by atoms with van der Waals surface area (Å²) in [4.78, 5) is 15.9. The standard InChI is InChI=1S/C16H16N6O2/c1-2-24-16-8-6-13-19-20-14(22(13)21-16)11-18-15(23)7-5-12-4-3-9-17-10-12/h3-10H,2,11H2,1H3,(H,18,23)/b7-5+. The van der Waals surface area contributed by atoms with E-state index in [0.29, 0.717) is 24.0 Å². The van der Waals surface area contributed by atoms with Gasteiger partial charge >= 0.3 is 0 Å². The van der Waals surface area contributed by atoms with Gasteiger partial charge in [0, 0.05) is 24.5 Å². The average Bonchev–Trinajstić information content (AvgIpc) is 3.02. The van der Waals surface area contributed by atoms with Crippen molar-refractivity contribution < 1.29 is 9.53 Å². The Hall–Kier alpha value is -3.29. The van der Waals surface area contributed by atoms with Crippen molar-refractivity contribution in [2.24, 2.45) is 0 Å². The van der Waals surface area contributed by atoms with E-state index in [1.165, 1.54) is 6.08 Å². The van der Waals surface area contributed by atoms with Crippen molar-refractivity contribution in [3.8, 4) is 5.88 Å². The summed E-state index contributed by atoms with van der Waals surface area (Å²) in [5, 5.41) is 15.1. The van der Waals surface area contributed by atoms with Crippen molar-refractivity contribution in [1.29, 1.82) is 0 Å². The first-order valence-electron chi connectivity index (χ1n) is 7.46. The second kappa shape index (κ2) is 7.32. The smallest absolute Gasteiger partial charge is 0.244 e. The maximum absolute atomic E-state index is 11.9. The first-order valence-corrected chi connectivity index (χ1v) is 7.46. The zero-order valence-electron chi connectivity index (χ0n) is 13.1. The lowest BCUT2D eigenvalue weighted by atomic mass is 10.2. The number of nitrogens with zero attached hydrogens (tertiary/aromatic N) is 5. The van der Waals surface area contributed by atoms with Crippen molar-refractivity contribution in [1.82, 2.24) is 30.1 Å². The second-order valence-electron chi connectivity index (χ2n) is 4.83. The summed E-state index contributed by atoms with van der Waals surface area (Å²) in [6.07, 6.45) is 6.49. The Morgan fingerprint density at radius 1 is 1.33 bits per heavy atom. The van der Waals surface area contributed by atoms with Gasteiger partial charge in [0.1, 0.15) is 0 Å². The van der Waals surface area contributed by atoms with Crippen molar-refractivity contribution >= 4 is 17.6 Å². The van der Waals surface area contributed by atoms with Crippen molar-refractivity contribution in [2.75, 3.05) is 6.61 Å². The van der Waals surface area contributed by atoms with E-state index in [2.05, 4.69) is 25.6 Å². The maximum Gasteiger partial charge on any atom is 0.244 e. The maximum atomic E-state index is 11.9. The van der Waals surface area contributed by atoms with Crippen LogP contribution in [0, 0.1) is 0 Å². The van der Waals surface area contributed by atoms with E-state index in [-0.39, 0.29) is 12.5 Å². The van der Waals surface area contributed by atoms with E-state index in [1.54, 1.807) is 35.1 Å². The fourth-order valence-electron chi connectivity index (χ4n) is 2.02. The summed E-state index contributed by atoms with van der Waals surface area (Å²) in [7, 11) is 0. The van der Waals surface area contributed by atoms with Gasteiger partial charge in [-0.2, -0.15) is 4.52 Å². The third-order valence-electron chi connectivity index (χ3n) is 3.13. The molecule has 24 heavy (non-hydrogen) atoms. The van der Waals surface area contributed by atoms with Crippen LogP contribution in [0.3, 0.4) is 0 Å². The summed E-state index contributed by atoms with van der Waals surface area (Å²) in [6.45, 7) is 2.61. The van der Waals surface area contributed by atoms with Crippen molar-refractivity contribution in [3.05, 3.63) is 54.1 Å². The molecule has 0 saturated heterocycles. The molecular formula is C16H16N6O2. The number of hydrogen-bond donors (Lipinski definition) is 1. The van der Waals surface area contributed by atoms with Gasteiger partial charge in [-0.05, 0) is 30.7 Å². The molecule has 0 saturated carbocycles. The lowest BCUT2D eigenvalue weighted by molar-refractivity contribution is -0.116. The predicted molar refractivity (Wildman–Crippen MR) is 87.1 cm³/mol. The highest BCUT2D eigenvalue weighted by atomic mass is 16.5. The minimum Gasteiger partial charge on any atom is -0.477 e. The zero-order chi connectivity index (χ0) is 16.8. The number of hydrogen-bond acceptors (Lipinski definition) is 6. The van der Waals surface area contributed by atoms with Crippen molar-refractivity contribution in [2.45, 2.75) is 13.5 Å². The molecule has 0 atom stereocenters. The van der Waals surface area contributed by atoms with Crippen LogP contribution in [-0.2, 0) is 11.3 Å². The van der Waals surface area contributed by atoms with Crippen molar-refractivity contribution in [3.63, 3.8) is 0 Å². The molecule has 0 bridgehead atoms. The van der Waals surface area contributed by atoms with Crippen LogP contribution in [0.4, 0.5) is 0 Å². The SMILES string of the molecule is CCOc1ccc2nnc(CNC(=O)/C=C/c3cccnc3)n2n1. The van der Waals surface area contributed by atoms with Gasteiger partial charge in [0.15, 0.2) is 11.5 Å². The lowest BCUT2D eigenvalue weighted by Gasteiger charge is -2.03. The van der Waals surface area contributed by atoms with Gasteiger partial charge in [0.25, 0.3) is 0 Å². The Bertz CT molecular complexity index is 859. The Balaban J connectivity index is 1.65. The van der Waals surface area contributed by atoms with Gasteiger partial charge in [-0.15, -0.1) is 15.3 Å². The molecule has 0 radical (unpaired) electrons. The molecule has 122 valence electrons. The Labute approximate surface area is 138 Å². The Morgan fingerprint density at radius 2 is 2.25 bits per heavy atom. The van der Waals surface area contributed by atoms with Crippen LogP contribution in [0.15, 0.2) is 42.7 Å². The van der Waals surface area contributed by atoms with E-state index < -0.39 is 0 Å². The van der Waals surface area contributed by atoms with Crippen LogP contribution >= 0.6 is 0 Å². The summed E-state index contributed by atoms with van der Waals surface area (Å²) in [6, 6.07) is 7.16. The van der Waals surface area contributed by atoms with Crippen LogP contribution < -0.4 is 10.1 Å². The molecule has 0 aliphatic rings. The summed E-state index contributed by atoms with van der Waals surface area (Å²) in [5.41, 5.74) is 1.44. The monoisotopic (exact) mass is 324 g/mol. The third-order valence-corrected chi connectivity index (χ3v) is 3.13. The fraction of sp³-hybridized carbons (Fsp3) is 0.188. The number of nitrogens with one attached hydrogen (secondary N) is 1. The lowest BCUT2D eigenvalue weighted by Crippen LogP contribution is -2.22. The summed E-state index contributed by atoms with van der Waals surface area (Å²) >= 11 is 0. The molecule has 3 aromatic rings. The molecule has 1 N–H and O–H groups in total. The number of carbonyl (C=O) groups excluding carboxylic acids is 1. The van der Waals surface area contributed by atoms with E-state index in [0.717, 1.165) is 5.56 Å². The van der Waals surface area contributed by atoms with Crippen LogP contribution in [0.1, 0.15) is 18.3 Å².